The van der Waals surface area contributed by atoms with Gasteiger partial charge in [0, 0.05) is 43.1 Å². The van der Waals surface area contributed by atoms with Crippen LogP contribution in [0.3, 0.4) is 0 Å². The van der Waals surface area contributed by atoms with Crippen LogP contribution in [0.2, 0.25) is 0 Å². The summed E-state index contributed by atoms with van der Waals surface area (Å²) in [7, 11) is 0. The third kappa shape index (κ3) is 4.83. The number of nitrogens with zero attached hydrogens (tertiary/aromatic N) is 3. The molecule has 0 saturated carbocycles. The summed E-state index contributed by atoms with van der Waals surface area (Å²) in [4.78, 5) is 18.3. The van der Waals surface area contributed by atoms with Crippen LogP contribution < -0.4 is 4.74 Å². The van der Waals surface area contributed by atoms with Crippen molar-refractivity contribution in [1.29, 1.82) is 5.26 Å². The van der Waals surface area contributed by atoms with Gasteiger partial charge in [-0.05, 0) is 44.5 Å². The number of hydrogen-bond donors (Lipinski definition) is 0. The van der Waals surface area contributed by atoms with Crippen LogP contribution in [0.15, 0.2) is 54.7 Å². The van der Waals surface area contributed by atoms with Crippen molar-refractivity contribution >= 4 is 17.0 Å². The maximum absolute atomic E-state index is 12.2. The molecule has 0 spiro atoms. The van der Waals surface area contributed by atoms with Gasteiger partial charge >= 0.3 is 6.09 Å². The summed E-state index contributed by atoms with van der Waals surface area (Å²) >= 11 is 0. The highest BCUT2D eigenvalue weighted by Crippen LogP contribution is 2.30. The zero-order valence-electron chi connectivity index (χ0n) is 18.7. The average Bonchev–Trinajstić information content (AvgIpc) is 2.78. The molecule has 1 fully saturated rings. The Labute approximate surface area is 188 Å². The first-order valence-electron chi connectivity index (χ1n) is 10.9. The summed E-state index contributed by atoms with van der Waals surface area (Å²) in [6.07, 6.45) is 3.02. The number of benzene rings is 2. The van der Waals surface area contributed by atoms with E-state index in [1.165, 1.54) is 0 Å². The molecule has 1 aliphatic rings. The molecule has 0 aliphatic carbocycles. The Hall–Kier alpha value is -3.59. The van der Waals surface area contributed by atoms with Crippen LogP contribution >= 0.6 is 0 Å². The molecule has 2 heterocycles. The average molecular weight is 430 g/mol. The number of fused-ring (bicyclic) bond motifs is 1. The minimum atomic E-state index is -0.487. The topological polar surface area (TPSA) is 75.4 Å². The second-order valence-corrected chi connectivity index (χ2v) is 8.98. The number of ether oxygens (including phenoxy) is 2. The molecule has 6 nitrogen and oxygen atoms in total. The van der Waals surface area contributed by atoms with Crippen molar-refractivity contribution in [3.63, 3.8) is 0 Å². The molecule has 3 aromatic rings. The lowest BCUT2D eigenvalue weighted by Gasteiger charge is -2.33. The predicted molar refractivity (Wildman–Crippen MR) is 123 cm³/mol. The summed E-state index contributed by atoms with van der Waals surface area (Å²) < 4.78 is 11.6. The van der Waals surface area contributed by atoms with E-state index in [1.54, 1.807) is 11.1 Å². The summed E-state index contributed by atoms with van der Waals surface area (Å²) in [5.41, 5.74) is 2.60. The lowest BCUT2D eigenvalue weighted by molar-refractivity contribution is 0.0126. The Balaban J connectivity index is 1.41. The first kappa shape index (κ1) is 21.6. The van der Waals surface area contributed by atoms with Crippen molar-refractivity contribution in [3.05, 3.63) is 60.3 Å². The van der Waals surface area contributed by atoms with E-state index >= 15 is 0 Å². The van der Waals surface area contributed by atoms with E-state index in [4.69, 9.17) is 9.47 Å². The Bertz CT molecular complexity index is 1150. The van der Waals surface area contributed by atoms with E-state index in [0.29, 0.717) is 24.2 Å². The van der Waals surface area contributed by atoms with Gasteiger partial charge in [0.25, 0.3) is 0 Å². The second-order valence-electron chi connectivity index (χ2n) is 8.98. The van der Waals surface area contributed by atoms with Gasteiger partial charge in [0.1, 0.15) is 23.5 Å². The van der Waals surface area contributed by atoms with Gasteiger partial charge in [0.2, 0.25) is 0 Å². The highest BCUT2D eigenvalue weighted by Gasteiger charge is 2.27. The number of nitriles is 1. The van der Waals surface area contributed by atoms with Crippen molar-refractivity contribution < 1.29 is 14.3 Å². The first-order chi connectivity index (χ1) is 15.3. The van der Waals surface area contributed by atoms with Gasteiger partial charge in [-0.25, -0.2) is 4.79 Å². The molecule has 4 rings (SSSR count). The van der Waals surface area contributed by atoms with Crippen molar-refractivity contribution in [2.45, 2.75) is 45.3 Å². The fourth-order valence-electron chi connectivity index (χ4n) is 3.89. The molecule has 32 heavy (non-hydrogen) atoms. The van der Waals surface area contributed by atoms with Crippen molar-refractivity contribution in [3.8, 4) is 22.9 Å². The van der Waals surface area contributed by atoms with Gasteiger partial charge in [0.15, 0.2) is 0 Å². The fourth-order valence-corrected chi connectivity index (χ4v) is 3.89. The molecular weight excluding hydrogens is 402 g/mol. The molecule has 0 atom stereocenters. The molecule has 1 amide bonds. The maximum atomic E-state index is 12.2. The zero-order chi connectivity index (χ0) is 22.7. The number of carbonyl (C=O) groups excluding carboxylic acids is 1. The molecule has 0 unspecified atom stereocenters. The standard InChI is InChI=1S/C26H27N3O3/c1-26(2,3)32-25(30)29-15-12-21(13-16-29)31-20-9-6-18(7-10-20)22-11-8-19-5-4-14-28-24(19)23(22)17-27/h4-11,14,21H,12-13,15-16H2,1-3H3. The first-order valence-corrected chi connectivity index (χ1v) is 10.9. The molecule has 0 bridgehead atoms. The normalized spacial score (nSPS) is 14.8. The number of aromatic nitrogens is 1. The quantitative estimate of drug-likeness (QED) is 0.545. The van der Waals surface area contributed by atoms with Gasteiger partial charge in [-0.3, -0.25) is 4.98 Å². The van der Waals surface area contributed by atoms with Crippen molar-refractivity contribution in [2.75, 3.05) is 13.1 Å². The Morgan fingerprint density at radius 2 is 1.81 bits per heavy atom. The predicted octanol–water partition coefficient (Wildman–Crippen LogP) is 5.55. The van der Waals surface area contributed by atoms with E-state index in [0.717, 1.165) is 35.1 Å². The van der Waals surface area contributed by atoms with Gasteiger partial charge in [0.05, 0.1) is 11.1 Å². The minimum Gasteiger partial charge on any atom is -0.490 e. The van der Waals surface area contributed by atoms with E-state index in [1.807, 2.05) is 69.3 Å². The zero-order valence-corrected chi connectivity index (χ0v) is 18.7. The smallest absolute Gasteiger partial charge is 0.410 e. The van der Waals surface area contributed by atoms with Gasteiger partial charge in [-0.2, -0.15) is 5.26 Å². The Morgan fingerprint density at radius 1 is 1.09 bits per heavy atom. The molecule has 164 valence electrons. The number of pyridine rings is 1. The fraction of sp³-hybridized carbons (Fsp3) is 0.346. The number of carbonyl (C=O) groups is 1. The summed E-state index contributed by atoms with van der Waals surface area (Å²) in [6, 6.07) is 17.9. The summed E-state index contributed by atoms with van der Waals surface area (Å²) in [5.74, 6) is 0.780. The third-order valence-corrected chi connectivity index (χ3v) is 5.45. The summed E-state index contributed by atoms with van der Waals surface area (Å²) in [5, 5.41) is 10.7. The number of piperidine rings is 1. The molecule has 1 aliphatic heterocycles. The van der Waals surface area contributed by atoms with Crippen LogP contribution in [-0.2, 0) is 4.74 Å². The second kappa shape index (κ2) is 8.88. The van der Waals surface area contributed by atoms with Crippen molar-refractivity contribution in [1.82, 2.24) is 9.88 Å². The van der Waals surface area contributed by atoms with E-state index in [-0.39, 0.29) is 12.2 Å². The monoisotopic (exact) mass is 429 g/mol. The third-order valence-electron chi connectivity index (χ3n) is 5.45. The van der Waals surface area contributed by atoms with Gasteiger partial charge < -0.3 is 14.4 Å². The van der Waals surface area contributed by atoms with Crippen LogP contribution in [0.5, 0.6) is 5.75 Å². The van der Waals surface area contributed by atoms with Crippen LogP contribution in [0.1, 0.15) is 39.2 Å². The van der Waals surface area contributed by atoms with Gasteiger partial charge in [-0.15, -0.1) is 0 Å². The Kier molecular flexibility index (Phi) is 6.00. The molecule has 1 saturated heterocycles. The Morgan fingerprint density at radius 3 is 2.47 bits per heavy atom. The molecule has 1 aromatic heterocycles. The number of rotatable bonds is 3. The van der Waals surface area contributed by atoms with Crippen LogP contribution in [0.25, 0.3) is 22.0 Å². The van der Waals surface area contributed by atoms with E-state index in [2.05, 4.69) is 11.1 Å². The summed E-state index contributed by atoms with van der Waals surface area (Å²) in [6.45, 7) is 6.86. The highest BCUT2D eigenvalue weighted by atomic mass is 16.6. The molecule has 0 radical (unpaired) electrons. The van der Waals surface area contributed by atoms with E-state index in [9.17, 15) is 10.1 Å². The number of amides is 1. The molecule has 6 heteroatoms. The lowest BCUT2D eigenvalue weighted by Crippen LogP contribution is -2.44. The largest absolute Gasteiger partial charge is 0.490 e. The van der Waals surface area contributed by atoms with Crippen LogP contribution in [-0.4, -0.2) is 40.8 Å². The number of hydrogen-bond acceptors (Lipinski definition) is 5. The van der Waals surface area contributed by atoms with Crippen LogP contribution in [0.4, 0.5) is 4.79 Å². The van der Waals surface area contributed by atoms with Gasteiger partial charge in [-0.1, -0.05) is 30.3 Å². The maximum Gasteiger partial charge on any atom is 0.410 e. The molecular formula is C26H27N3O3. The lowest BCUT2D eigenvalue weighted by atomic mass is 9.97. The molecule has 2 aromatic carbocycles. The number of likely N-dealkylation sites (tertiary alicyclic amines) is 1. The van der Waals surface area contributed by atoms with E-state index < -0.39 is 5.60 Å². The van der Waals surface area contributed by atoms with Crippen molar-refractivity contribution in [2.24, 2.45) is 0 Å². The minimum absolute atomic E-state index is 0.0547. The molecule has 0 N–H and O–H groups in total. The highest BCUT2D eigenvalue weighted by molar-refractivity contribution is 5.91. The SMILES string of the molecule is CC(C)(C)OC(=O)N1CCC(Oc2ccc(-c3ccc4cccnc4c3C#N)cc2)CC1. The van der Waals surface area contributed by atoms with Crippen LogP contribution in [0, 0.1) is 11.3 Å².